The number of nitrogens with two attached hydrogens (primary N) is 1. The lowest BCUT2D eigenvalue weighted by Crippen LogP contribution is -1.90. The molecule has 0 amide bonds. The number of thioether (sulfide) groups is 1. The van der Waals surface area contributed by atoms with Crippen LogP contribution in [0.25, 0.3) is 11.1 Å². The molecule has 2 aromatic rings. The second-order valence-electron chi connectivity index (χ2n) is 3.17. The van der Waals surface area contributed by atoms with E-state index in [4.69, 9.17) is 17.3 Å². The second-order valence-corrected chi connectivity index (χ2v) is 4.39. The average Bonchev–Trinajstić information content (AvgIpc) is 2.64. The third-order valence-electron chi connectivity index (χ3n) is 2.18. The van der Waals surface area contributed by atoms with Crippen LogP contribution in [0, 0.1) is 5.82 Å². The van der Waals surface area contributed by atoms with Crippen LogP contribution in [-0.4, -0.2) is 16.5 Å². The van der Waals surface area contributed by atoms with Gasteiger partial charge in [0.25, 0.3) is 0 Å². The number of rotatable bonds is 2. The zero-order valence-corrected chi connectivity index (χ0v) is 9.99. The number of benzene rings is 1. The maximum Gasteiger partial charge on any atom is 0.138 e. The van der Waals surface area contributed by atoms with Crippen molar-refractivity contribution in [2.75, 3.05) is 12.0 Å². The first-order chi connectivity index (χ1) is 7.63. The molecule has 84 valence electrons. The summed E-state index contributed by atoms with van der Waals surface area (Å²) in [5, 5.41) is 6.75. The number of nitrogen functional groups attached to an aromatic ring is 1. The molecule has 0 radical (unpaired) electrons. The summed E-state index contributed by atoms with van der Waals surface area (Å²) < 4.78 is 13.7. The molecule has 0 saturated carbocycles. The summed E-state index contributed by atoms with van der Waals surface area (Å²) in [4.78, 5) is 0.437. The molecule has 0 aliphatic heterocycles. The third-order valence-corrected chi connectivity index (χ3v) is 3.42. The molecule has 3 nitrogen and oxygen atoms in total. The van der Waals surface area contributed by atoms with Gasteiger partial charge >= 0.3 is 0 Å². The SMILES string of the molecule is CSc1c(F)cc(-c2cn[nH]c2N)cc1Cl. The van der Waals surface area contributed by atoms with E-state index in [-0.39, 0.29) is 5.82 Å². The Hall–Kier alpha value is -1.20. The highest BCUT2D eigenvalue weighted by molar-refractivity contribution is 7.98. The van der Waals surface area contributed by atoms with Crippen molar-refractivity contribution in [1.29, 1.82) is 0 Å². The van der Waals surface area contributed by atoms with Crippen molar-refractivity contribution in [3.05, 3.63) is 29.2 Å². The molecule has 0 bridgehead atoms. The van der Waals surface area contributed by atoms with Crippen LogP contribution >= 0.6 is 23.4 Å². The van der Waals surface area contributed by atoms with E-state index in [0.29, 0.717) is 26.9 Å². The Balaban J connectivity index is 2.57. The van der Waals surface area contributed by atoms with Crippen molar-refractivity contribution in [3.63, 3.8) is 0 Å². The highest BCUT2D eigenvalue weighted by Crippen LogP contribution is 2.34. The van der Waals surface area contributed by atoms with E-state index in [2.05, 4.69) is 10.2 Å². The summed E-state index contributed by atoms with van der Waals surface area (Å²) in [5.41, 5.74) is 6.92. The predicted molar refractivity (Wildman–Crippen MR) is 65.2 cm³/mol. The van der Waals surface area contributed by atoms with Crippen LogP contribution in [0.5, 0.6) is 0 Å². The molecule has 16 heavy (non-hydrogen) atoms. The van der Waals surface area contributed by atoms with Crippen LogP contribution in [0.4, 0.5) is 10.2 Å². The summed E-state index contributed by atoms with van der Waals surface area (Å²) >= 11 is 7.24. The third kappa shape index (κ3) is 1.88. The van der Waals surface area contributed by atoms with Gasteiger partial charge in [-0.3, -0.25) is 5.10 Å². The molecule has 1 heterocycles. The number of H-pyrrole nitrogens is 1. The minimum absolute atomic E-state index is 0.351. The number of aromatic amines is 1. The van der Waals surface area contributed by atoms with E-state index in [1.165, 1.54) is 17.8 Å². The lowest BCUT2D eigenvalue weighted by Gasteiger charge is -2.06. The van der Waals surface area contributed by atoms with Gasteiger partial charge in [-0.2, -0.15) is 5.10 Å². The number of halogens is 2. The molecule has 0 saturated heterocycles. The molecule has 1 aromatic heterocycles. The molecule has 2 rings (SSSR count). The number of hydrogen-bond acceptors (Lipinski definition) is 3. The van der Waals surface area contributed by atoms with Gasteiger partial charge < -0.3 is 5.73 Å². The van der Waals surface area contributed by atoms with Gasteiger partial charge in [0, 0.05) is 5.56 Å². The molecule has 0 atom stereocenters. The van der Waals surface area contributed by atoms with Gasteiger partial charge in [-0.15, -0.1) is 11.8 Å². The van der Waals surface area contributed by atoms with Gasteiger partial charge in [0.2, 0.25) is 0 Å². The summed E-state index contributed by atoms with van der Waals surface area (Å²) in [6.45, 7) is 0. The molecule has 0 aliphatic rings. The number of hydrogen-bond donors (Lipinski definition) is 2. The Kier molecular flexibility index (Phi) is 3.07. The van der Waals surface area contributed by atoms with Crippen molar-refractivity contribution in [3.8, 4) is 11.1 Å². The number of anilines is 1. The van der Waals surface area contributed by atoms with Gasteiger partial charge in [0.05, 0.1) is 16.1 Å². The van der Waals surface area contributed by atoms with E-state index in [1.54, 1.807) is 18.5 Å². The molecule has 0 unspecified atom stereocenters. The van der Waals surface area contributed by atoms with E-state index in [1.807, 2.05) is 0 Å². The molecule has 3 N–H and O–H groups in total. The van der Waals surface area contributed by atoms with Crippen LogP contribution in [0.3, 0.4) is 0 Å². The standard InChI is InChI=1S/C10H9ClFN3S/c1-16-9-7(11)2-5(3-8(9)12)6-4-14-15-10(6)13/h2-4H,1H3,(H3,13,14,15). The normalized spacial score (nSPS) is 10.7. The van der Waals surface area contributed by atoms with Crippen molar-refractivity contribution in [1.82, 2.24) is 10.2 Å². The van der Waals surface area contributed by atoms with Crippen LogP contribution in [0.15, 0.2) is 23.2 Å². The summed E-state index contributed by atoms with van der Waals surface area (Å²) in [7, 11) is 0. The minimum atomic E-state index is -0.351. The quantitative estimate of drug-likeness (QED) is 0.813. The summed E-state index contributed by atoms with van der Waals surface area (Å²) in [6.07, 6.45) is 3.31. The monoisotopic (exact) mass is 257 g/mol. The van der Waals surface area contributed by atoms with Crippen LogP contribution < -0.4 is 5.73 Å². The molecule has 1 aromatic carbocycles. The van der Waals surface area contributed by atoms with E-state index < -0.39 is 0 Å². The number of aromatic nitrogens is 2. The summed E-state index contributed by atoms with van der Waals surface area (Å²) in [5.74, 6) is 0.0444. The fourth-order valence-corrected chi connectivity index (χ4v) is 2.38. The van der Waals surface area contributed by atoms with Gasteiger partial charge in [0.15, 0.2) is 0 Å². The molecular weight excluding hydrogens is 249 g/mol. The second kappa shape index (κ2) is 4.35. The fourth-order valence-electron chi connectivity index (χ4n) is 1.44. The maximum absolute atomic E-state index is 13.7. The van der Waals surface area contributed by atoms with Gasteiger partial charge in [0.1, 0.15) is 11.6 Å². The maximum atomic E-state index is 13.7. The van der Waals surface area contributed by atoms with Crippen LogP contribution in [-0.2, 0) is 0 Å². The van der Waals surface area contributed by atoms with Crippen molar-refractivity contribution in [2.24, 2.45) is 0 Å². The largest absolute Gasteiger partial charge is 0.384 e. The van der Waals surface area contributed by atoms with E-state index >= 15 is 0 Å². The predicted octanol–water partition coefficient (Wildman–Crippen LogP) is 3.17. The molecule has 6 heteroatoms. The topological polar surface area (TPSA) is 54.7 Å². The number of nitrogens with zero attached hydrogens (tertiary/aromatic N) is 1. The minimum Gasteiger partial charge on any atom is -0.384 e. The fraction of sp³-hybridized carbons (Fsp3) is 0.100. The first-order valence-corrected chi connectivity index (χ1v) is 6.06. The van der Waals surface area contributed by atoms with Crippen molar-refractivity contribution >= 4 is 29.2 Å². The van der Waals surface area contributed by atoms with Gasteiger partial charge in [-0.05, 0) is 24.0 Å². The smallest absolute Gasteiger partial charge is 0.138 e. The number of nitrogens with one attached hydrogen (secondary N) is 1. The molecular formula is C10H9ClFN3S. The Morgan fingerprint density at radius 3 is 2.75 bits per heavy atom. The Morgan fingerprint density at radius 1 is 1.50 bits per heavy atom. The van der Waals surface area contributed by atoms with Gasteiger partial charge in [-0.1, -0.05) is 11.6 Å². The zero-order valence-electron chi connectivity index (χ0n) is 8.42. The molecule has 0 spiro atoms. The van der Waals surface area contributed by atoms with Crippen LogP contribution in [0.1, 0.15) is 0 Å². The van der Waals surface area contributed by atoms with E-state index in [0.717, 1.165) is 0 Å². The highest BCUT2D eigenvalue weighted by Gasteiger charge is 2.12. The lowest BCUT2D eigenvalue weighted by molar-refractivity contribution is 0.603. The van der Waals surface area contributed by atoms with Crippen LogP contribution in [0.2, 0.25) is 5.02 Å². The zero-order chi connectivity index (χ0) is 11.7. The first kappa shape index (κ1) is 11.3. The first-order valence-electron chi connectivity index (χ1n) is 4.45. The lowest BCUT2D eigenvalue weighted by atomic mass is 10.1. The highest BCUT2D eigenvalue weighted by atomic mass is 35.5. The Morgan fingerprint density at radius 2 is 2.25 bits per heavy atom. The molecule has 0 aliphatic carbocycles. The average molecular weight is 258 g/mol. The van der Waals surface area contributed by atoms with Crippen molar-refractivity contribution < 1.29 is 4.39 Å². The van der Waals surface area contributed by atoms with Gasteiger partial charge in [-0.25, -0.2) is 4.39 Å². The summed E-state index contributed by atoms with van der Waals surface area (Å²) in [6, 6.07) is 3.08. The molecule has 0 fully saturated rings. The van der Waals surface area contributed by atoms with E-state index in [9.17, 15) is 4.39 Å². The Bertz CT molecular complexity index is 504. The Labute approximate surface area is 101 Å². The van der Waals surface area contributed by atoms with Crippen molar-refractivity contribution in [2.45, 2.75) is 4.90 Å².